The molecule has 4 aromatic rings. The van der Waals surface area contributed by atoms with Crippen LogP contribution in [-0.2, 0) is 22.7 Å². The molecule has 0 aliphatic carbocycles. The number of unbranched alkanes of at least 4 members (excludes halogenated alkanes) is 2. The van der Waals surface area contributed by atoms with Gasteiger partial charge in [-0.2, -0.15) is 0 Å². The van der Waals surface area contributed by atoms with Gasteiger partial charge >= 0.3 is 0 Å². The van der Waals surface area contributed by atoms with Crippen molar-refractivity contribution in [2.75, 3.05) is 22.9 Å². The van der Waals surface area contributed by atoms with Gasteiger partial charge in [0.05, 0.1) is 22.1 Å². The Morgan fingerprint density at radius 2 is 1.09 bits per heavy atom. The number of aromatic nitrogens is 4. The van der Waals surface area contributed by atoms with Crippen molar-refractivity contribution in [1.82, 2.24) is 19.1 Å². The number of hydrogen-bond acceptors (Lipinski definition) is 4. The van der Waals surface area contributed by atoms with Gasteiger partial charge in [-0.25, -0.2) is 9.97 Å². The maximum absolute atomic E-state index is 12.8. The molecule has 168 valence electrons. The summed E-state index contributed by atoms with van der Waals surface area (Å²) in [6.45, 7) is 2.94. The average molecular weight is 443 g/mol. The fraction of sp³-hybridized carbons (Fsp3) is 0.360. The van der Waals surface area contributed by atoms with E-state index in [0.717, 1.165) is 66.3 Å². The predicted molar refractivity (Wildman–Crippen MR) is 127 cm³/mol. The van der Waals surface area contributed by atoms with Crippen molar-refractivity contribution in [2.24, 2.45) is 0 Å². The summed E-state index contributed by atoms with van der Waals surface area (Å²) in [5.74, 6) is 1.74. The summed E-state index contributed by atoms with van der Waals surface area (Å²) in [6.07, 6.45) is 3.38. The van der Waals surface area contributed by atoms with Crippen molar-refractivity contribution in [3.63, 3.8) is 0 Å². The van der Waals surface area contributed by atoms with E-state index in [2.05, 4.69) is 19.1 Å². The lowest BCUT2D eigenvalue weighted by Crippen LogP contribution is -2.29. The van der Waals surface area contributed by atoms with Crippen molar-refractivity contribution in [2.45, 2.75) is 45.2 Å². The number of carbonyl (C=O) groups is 2. The number of nitrogens with zero attached hydrogens (tertiary/aromatic N) is 6. The minimum atomic E-state index is 0.114. The number of para-hydroxylation sites is 4. The fourth-order valence-electron chi connectivity index (χ4n) is 5.05. The zero-order chi connectivity index (χ0) is 22.4. The molecule has 2 amide bonds. The molecule has 0 atom stereocenters. The van der Waals surface area contributed by atoms with Crippen LogP contribution in [0.15, 0.2) is 48.5 Å². The molecule has 33 heavy (non-hydrogen) atoms. The predicted octanol–water partition coefficient (Wildman–Crippen LogP) is 3.73. The lowest BCUT2D eigenvalue weighted by atomic mass is 10.1. The molecule has 0 bridgehead atoms. The highest BCUT2D eigenvalue weighted by molar-refractivity contribution is 5.95. The fourth-order valence-corrected chi connectivity index (χ4v) is 5.05. The molecule has 2 aliphatic rings. The van der Waals surface area contributed by atoms with Gasteiger partial charge in [0.25, 0.3) is 0 Å². The van der Waals surface area contributed by atoms with E-state index in [1.807, 2.05) is 48.5 Å². The normalized spacial score (nSPS) is 14.9. The topological polar surface area (TPSA) is 76.3 Å². The van der Waals surface area contributed by atoms with Crippen molar-refractivity contribution < 1.29 is 9.59 Å². The lowest BCUT2D eigenvalue weighted by Gasteiger charge is -2.15. The molecule has 2 aromatic heterocycles. The Morgan fingerprint density at radius 3 is 1.58 bits per heavy atom. The third kappa shape index (κ3) is 3.37. The van der Waals surface area contributed by atoms with E-state index in [0.29, 0.717) is 25.9 Å². The minimum absolute atomic E-state index is 0.114. The highest BCUT2D eigenvalue weighted by Crippen LogP contribution is 2.29. The van der Waals surface area contributed by atoms with Gasteiger partial charge in [-0.1, -0.05) is 30.7 Å². The maximum atomic E-state index is 12.8. The molecule has 6 rings (SSSR count). The summed E-state index contributed by atoms with van der Waals surface area (Å²) < 4.78 is 4.24. The van der Waals surface area contributed by atoms with E-state index >= 15 is 0 Å². The van der Waals surface area contributed by atoms with Crippen molar-refractivity contribution in [1.29, 1.82) is 0 Å². The number of fused-ring (bicyclic) bond motifs is 6. The standard InChI is InChI=1S/C25H26N6O2/c32-22(30-16-14-28-20-10-6-4-8-18(20)26-24(28)30)12-2-1-3-13-23(33)31-17-15-29-21-11-7-5-9-19(21)27-25(29)31/h4-11H,1-3,12-17H2. The Kier molecular flexibility index (Phi) is 4.86. The number of rotatable bonds is 6. The van der Waals surface area contributed by atoms with E-state index in [4.69, 9.17) is 0 Å². The van der Waals surface area contributed by atoms with Crippen LogP contribution in [0.1, 0.15) is 32.1 Å². The van der Waals surface area contributed by atoms with Crippen LogP contribution in [0.5, 0.6) is 0 Å². The van der Waals surface area contributed by atoms with Gasteiger partial charge in [0.2, 0.25) is 23.7 Å². The molecule has 8 heteroatoms. The third-order valence-electron chi connectivity index (χ3n) is 6.73. The van der Waals surface area contributed by atoms with E-state index < -0.39 is 0 Å². The van der Waals surface area contributed by atoms with E-state index in [9.17, 15) is 9.59 Å². The molecule has 0 unspecified atom stereocenters. The first kappa shape index (κ1) is 20.0. The van der Waals surface area contributed by atoms with Crippen LogP contribution in [0.25, 0.3) is 22.1 Å². The van der Waals surface area contributed by atoms with Gasteiger partial charge < -0.3 is 9.13 Å². The quantitative estimate of drug-likeness (QED) is 0.427. The molecule has 0 saturated carbocycles. The van der Waals surface area contributed by atoms with E-state index in [1.54, 1.807) is 9.80 Å². The second kappa shape index (κ2) is 8.03. The Balaban J connectivity index is 1.00. The number of anilines is 2. The number of carbonyl (C=O) groups excluding carboxylic acids is 2. The second-order valence-electron chi connectivity index (χ2n) is 8.76. The van der Waals surface area contributed by atoms with Crippen LogP contribution in [0.4, 0.5) is 11.9 Å². The molecular formula is C25H26N6O2. The van der Waals surface area contributed by atoms with Crippen molar-refractivity contribution >= 4 is 45.8 Å². The number of benzene rings is 2. The minimum Gasteiger partial charge on any atom is -0.308 e. The zero-order valence-corrected chi connectivity index (χ0v) is 18.5. The highest BCUT2D eigenvalue weighted by Gasteiger charge is 2.29. The maximum Gasteiger partial charge on any atom is 0.229 e. The Morgan fingerprint density at radius 1 is 0.636 bits per heavy atom. The smallest absolute Gasteiger partial charge is 0.229 e. The monoisotopic (exact) mass is 442 g/mol. The van der Waals surface area contributed by atoms with Crippen LogP contribution in [-0.4, -0.2) is 44.0 Å². The van der Waals surface area contributed by atoms with Crippen molar-refractivity contribution in [3.8, 4) is 0 Å². The van der Waals surface area contributed by atoms with Crippen LogP contribution in [0.3, 0.4) is 0 Å². The van der Waals surface area contributed by atoms with Crippen LogP contribution in [0.2, 0.25) is 0 Å². The van der Waals surface area contributed by atoms with Gasteiger partial charge in [0, 0.05) is 39.0 Å². The van der Waals surface area contributed by atoms with Crippen LogP contribution < -0.4 is 9.80 Å². The molecule has 4 heterocycles. The SMILES string of the molecule is O=C(CCCCCC(=O)N1CCn2c1nc1ccccc12)N1CCn2c1nc1ccccc12. The molecule has 0 saturated heterocycles. The van der Waals surface area contributed by atoms with E-state index in [-0.39, 0.29) is 11.8 Å². The summed E-state index contributed by atoms with van der Waals surface area (Å²) in [4.78, 5) is 38.5. The molecule has 2 aliphatic heterocycles. The summed E-state index contributed by atoms with van der Waals surface area (Å²) >= 11 is 0. The van der Waals surface area contributed by atoms with Gasteiger partial charge in [-0.15, -0.1) is 0 Å². The number of hydrogen-bond donors (Lipinski definition) is 0. The summed E-state index contributed by atoms with van der Waals surface area (Å²) in [7, 11) is 0. The van der Waals surface area contributed by atoms with Gasteiger partial charge in [-0.05, 0) is 37.1 Å². The van der Waals surface area contributed by atoms with Gasteiger partial charge in [-0.3, -0.25) is 19.4 Å². The number of imidazole rings is 2. The molecule has 0 radical (unpaired) electrons. The molecule has 2 aromatic carbocycles. The first-order valence-electron chi connectivity index (χ1n) is 11.7. The molecule has 0 N–H and O–H groups in total. The lowest BCUT2D eigenvalue weighted by molar-refractivity contribution is -0.119. The molecule has 0 spiro atoms. The van der Waals surface area contributed by atoms with E-state index in [1.165, 1.54) is 0 Å². The van der Waals surface area contributed by atoms with Crippen LogP contribution >= 0.6 is 0 Å². The van der Waals surface area contributed by atoms with Crippen molar-refractivity contribution in [3.05, 3.63) is 48.5 Å². The van der Waals surface area contributed by atoms with Crippen LogP contribution in [0, 0.1) is 0 Å². The molecule has 8 nitrogen and oxygen atoms in total. The number of amides is 2. The first-order valence-corrected chi connectivity index (χ1v) is 11.7. The Hall–Kier alpha value is -3.68. The van der Waals surface area contributed by atoms with Gasteiger partial charge in [0.1, 0.15) is 0 Å². The zero-order valence-electron chi connectivity index (χ0n) is 18.5. The Bertz CT molecular complexity index is 1270. The summed E-state index contributed by atoms with van der Waals surface area (Å²) in [5.41, 5.74) is 4.02. The average Bonchev–Trinajstić information content (AvgIpc) is 3.58. The third-order valence-corrected chi connectivity index (χ3v) is 6.73. The first-order chi connectivity index (χ1) is 16.2. The molecule has 0 fully saturated rings. The molecular weight excluding hydrogens is 416 g/mol. The summed E-state index contributed by atoms with van der Waals surface area (Å²) in [6, 6.07) is 16.0. The second-order valence-corrected chi connectivity index (χ2v) is 8.76. The Labute approximate surface area is 191 Å². The largest absolute Gasteiger partial charge is 0.308 e. The van der Waals surface area contributed by atoms with Gasteiger partial charge in [0.15, 0.2) is 0 Å². The highest BCUT2D eigenvalue weighted by atomic mass is 16.2. The summed E-state index contributed by atoms with van der Waals surface area (Å²) in [5, 5.41) is 0.